The minimum Gasteiger partial charge on any atom is -0.455 e. The summed E-state index contributed by atoms with van der Waals surface area (Å²) in [5, 5.41) is 4.28. The second-order valence-corrected chi connectivity index (χ2v) is 6.90. The summed E-state index contributed by atoms with van der Waals surface area (Å²) in [6.07, 6.45) is 0. The maximum Gasteiger partial charge on any atom is 0.321 e. The molecule has 1 aromatic carbocycles. The molecule has 0 saturated carbocycles. The smallest absolute Gasteiger partial charge is 0.321 e. The number of rotatable bonds is 7. The first-order valence-electron chi connectivity index (χ1n) is 7.46. The maximum atomic E-state index is 12.2. The Labute approximate surface area is 146 Å². The van der Waals surface area contributed by atoms with Gasteiger partial charge >= 0.3 is 12.0 Å². The molecule has 0 saturated heterocycles. The molecule has 138 valence electrons. The van der Waals surface area contributed by atoms with Crippen LogP contribution in [0, 0.1) is 13.8 Å². The fraction of sp³-hybridized carbons (Fsp3) is 0.400. The van der Waals surface area contributed by atoms with Crippen molar-refractivity contribution in [2.24, 2.45) is 0 Å². The van der Waals surface area contributed by atoms with Gasteiger partial charge in [-0.05, 0) is 38.0 Å². The van der Waals surface area contributed by atoms with Gasteiger partial charge in [0.05, 0.1) is 4.90 Å². The highest BCUT2D eigenvalue weighted by Crippen LogP contribution is 2.16. The fourth-order valence-electron chi connectivity index (χ4n) is 1.79. The second kappa shape index (κ2) is 9.14. The number of imide groups is 1. The molecule has 0 aliphatic heterocycles. The van der Waals surface area contributed by atoms with E-state index < -0.39 is 41.1 Å². The Hall–Kier alpha value is -2.46. The van der Waals surface area contributed by atoms with Gasteiger partial charge in [-0.3, -0.25) is 14.9 Å². The average Bonchev–Trinajstić information content (AvgIpc) is 2.53. The summed E-state index contributed by atoms with van der Waals surface area (Å²) < 4.78 is 31.2. The van der Waals surface area contributed by atoms with Gasteiger partial charge in [0.15, 0.2) is 6.61 Å². The van der Waals surface area contributed by atoms with Crippen LogP contribution in [0.5, 0.6) is 0 Å². The van der Waals surface area contributed by atoms with E-state index in [1.165, 1.54) is 6.07 Å². The topological polar surface area (TPSA) is 131 Å². The molecular formula is C15H21N3O6S. The highest BCUT2D eigenvalue weighted by Gasteiger charge is 2.19. The monoisotopic (exact) mass is 371 g/mol. The zero-order valence-electron chi connectivity index (χ0n) is 14.2. The van der Waals surface area contributed by atoms with Gasteiger partial charge in [0.25, 0.3) is 5.91 Å². The van der Waals surface area contributed by atoms with E-state index in [1.54, 1.807) is 32.9 Å². The lowest BCUT2D eigenvalue weighted by molar-refractivity contribution is -0.147. The van der Waals surface area contributed by atoms with Crippen LogP contribution in [0.3, 0.4) is 0 Å². The molecule has 0 unspecified atom stereocenters. The van der Waals surface area contributed by atoms with Crippen molar-refractivity contribution >= 4 is 27.9 Å². The minimum absolute atomic E-state index is 0.0641. The number of carbonyl (C=O) groups excluding carboxylic acids is 3. The van der Waals surface area contributed by atoms with Gasteiger partial charge in [0.2, 0.25) is 10.0 Å². The Bertz CT molecular complexity index is 761. The van der Waals surface area contributed by atoms with Gasteiger partial charge in [-0.1, -0.05) is 12.1 Å². The number of hydrogen-bond acceptors (Lipinski definition) is 6. The van der Waals surface area contributed by atoms with Gasteiger partial charge < -0.3 is 10.1 Å². The zero-order valence-corrected chi connectivity index (χ0v) is 15.0. The molecule has 0 aromatic heterocycles. The molecule has 0 spiro atoms. The van der Waals surface area contributed by atoms with Crippen molar-refractivity contribution in [1.82, 2.24) is 15.4 Å². The van der Waals surface area contributed by atoms with Crippen molar-refractivity contribution in [1.29, 1.82) is 0 Å². The van der Waals surface area contributed by atoms with Crippen LogP contribution < -0.4 is 15.4 Å². The van der Waals surface area contributed by atoms with Crippen LogP contribution in [0.1, 0.15) is 18.1 Å². The molecule has 10 heteroatoms. The molecule has 0 aliphatic rings. The molecule has 9 nitrogen and oxygen atoms in total. The molecule has 1 rings (SSSR count). The molecule has 25 heavy (non-hydrogen) atoms. The number of amides is 3. The number of carbonyl (C=O) groups is 3. The van der Waals surface area contributed by atoms with Crippen molar-refractivity contribution in [2.75, 3.05) is 19.7 Å². The number of nitrogens with one attached hydrogen (secondary N) is 3. The van der Waals surface area contributed by atoms with Gasteiger partial charge in [-0.25, -0.2) is 13.2 Å². The zero-order chi connectivity index (χ0) is 19.0. The van der Waals surface area contributed by atoms with E-state index in [2.05, 4.69) is 14.8 Å². The first-order valence-corrected chi connectivity index (χ1v) is 8.94. The van der Waals surface area contributed by atoms with Crippen molar-refractivity contribution in [3.05, 3.63) is 29.3 Å². The second-order valence-electron chi connectivity index (χ2n) is 5.16. The molecule has 3 amide bonds. The standard InChI is InChI=1S/C15H21N3O6S/c1-4-16-15(21)18-13(19)9-24-14(20)8-17-25(22,23)12-7-10(2)5-6-11(12)3/h5-7,17H,4,8-9H2,1-3H3,(H2,16,18,19,21). The highest BCUT2D eigenvalue weighted by molar-refractivity contribution is 7.89. The van der Waals surface area contributed by atoms with E-state index in [9.17, 15) is 22.8 Å². The fourth-order valence-corrected chi connectivity index (χ4v) is 3.09. The van der Waals surface area contributed by atoms with Crippen molar-refractivity contribution < 1.29 is 27.5 Å². The van der Waals surface area contributed by atoms with Gasteiger partial charge in [-0.15, -0.1) is 0 Å². The Balaban J connectivity index is 2.52. The molecule has 0 aliphatic carbocycles. The number of hydrogen-bond donors (Lipinski definition) is 3. The van der Waals surface area contributed by atoms with Crippen LogP contribution in [-0.4, -0.2) is 46.0 Å². The number of esters is 1. The summed E-state index contributed by atoms with van der Waals surface area (Å²) in [7, 11) is -3.89. The van der Waals surface area contributed by atoms with E-state index in [-0.39, 0.29) is 4.90 Å². The Morgan fingerprint density at radius 1 is 1.16 bits per heavy atom. The Morgan fingerprint density at radius 3 is 2.48 bits per heavy atom. The van der Waals surface area contributed by atoms with Crippen LogP contribution in [0.15, 0.2) is 23.1 Å². The summed E-state index contributed by atoms with van der Waals surface area (Å²) >= 11 is 0. The van der Waals surface area contributed by atoms with Crippen LogP contribution in [0.25, 0.3) is 0 Å². The number of urea groups is 1. The van der Waals surface area contributed by atoms with E-state index in [0.717, 1.165) is 5.56 Å². The molecule has 0 fully saturated rings. The van der Waals surface area contributed by atoms with Crippen molar-refractivity contribution in [2.45, 2.75) is 25.7 Å². The summed E-state index contributed by atoms with van der Waals surface area (Å²) in [5.74, 6) is -1.77. The van der Waals surface area contributed by atoms with Gasteiger partial charge in [0, 0.05) is 6.54 Å². The van der Waals surface area contributed by atoms with E-state index in [4.69, 9.17) is 0 Å². The number of benzene rings is 1. The number of ether oxygens (including phenoxy) is 1. The largest absolute Gasteiger partial charge is 0.455 e. The van der Waals surface area contributed by atoms with Crippen LogP contribution in [-0.2, 0) is 24.3 Å². The van der Waals surface area contributed by atoms with Crippen LogP contribution >= 0.6 is 0 Å². The number of sulfonamides is 1. The quantitative estimate of drug-likeness (QED) is 0.577. The van der Waals surface area contributed by atoms with Gasteiger partial charge in [-0.2, -0.15) is 4.72 Å². The lowest BCUT2D eigenvalue weighted by atomic mass is 10.2. The summed E-state index contributed by atoms with van der Waals surface area (Å²) in [6, 6.07) is 4.21. The predicted molar refractivity (Wildman–Crippen MR) is 89.3 cm³/mol. The maximum absolute atomic E-state index is 12.2. The molecule has 0 atom stereocenters. The van der Waals surface area contributed by atoms with E-state index in [0.29, 0.717) is 12.1 Å². The van der Waals surface area contributed by atoms with Gasteiger partial charge in [0.1, 0.15) is 6.54 Å². The third-order valence-electron chi connectivity index (χ3n) is 2.99. The molecule has 1 aromatic rings. The van der Waals surface area contributed by atoms with Crippen LogP contribution in [0.2, 0.25) is 0 Å². The van der Waals surface area contributed by atoms with E-state index in [1.807, 2.05) is 5.32 Å². The Morgan fingerprint density at radius 2 is 1.84 bits per heavy atom. The molecule has 0 heterocycles. The highest BCUT2D eigenvalue weighted by atomic mass is 32.2. The number of aryl methyl sites for hydroxylation is 2. The molecule has 0 radical (unpaired) electrons. The normalized spacial score (nSPS) is 10.8. The first kappa shape index (κ1) is 20.6. The SMILES string of the molecule is CCNC(=O)NC(=O)COC(=O)CNS(=O)(=O)c1cc(C)ccc1C. The third kappa shape index (κ3) is 6.89. The van der Waals surface area contributed by atoms with E-state index >= 15 is 0 Å². The average molecular weight is 371 g/mol. The molecular weight excluding hydrogens is 350 g/mol. The molecule has 3 N–H and O–H groups in total. The lowest BCUT2D eigenvalue weighted by Crippen LogP contribution is -2.41. The summed E-state index contributed by atoms with van der Waals surface area (Å²) in [5.41, 5.74) is 1.29. The Kier molecular flexibility index (Phi) is 7.52. The van der Waals surface area contributed by atoms with Crippen molar-refractivity contribution in [3.63, 3.8) is 0 Å². The lowest BCUT2D eigenvalue weighted by Gasteiger charge is -2.10. The third-order valence-corrected chi connectivity index (χ3v) is 4.54. The van der Waals surface area contributed by atoms with Crippen molar-refractivity contribution in [3.8, 4) is 0 Å². The minimum atomic E-state index is -3.89. The van der Waals surface area contributed by atoms with Crippen LogP contribution in [0.4, 0.5) is 4.79 Å². The first-order chi connectivity index (χ1) is 11.7. The molecule has 0 bridgehead atoms. The summed E-state index contributed by atoms with van der Waals surface area (Å²) in [4.78, 5) is 34.1. The predicted octanol–water partition coefficient (Wildman–Crippen LogP) is -0.0294. The summed E-state index contributed by atoms with van der Waals surface area (Å²) in [6.45, 7) is 4.06.